The second-order valence-electron chi connectivity index (χ2n) is 2.79. The molecule has 2 nitrogen and oxygen atoms in total. The largest absolute Gasteiger partial charge is 0.302 e. The quantitative estimate of drug-likeness (QED) is 0.703. The zero-order valence-corrected chi connectivity index (χ0v) is 8.04. The molecule has 0 spiro atoms. The predicted octanol–water partition coefficient (Wildman–Crippen LogP) is 1.54. The maximum atomic E-state index is 5.39. The van der Waals surface area contributed by atoms with Gasteiger partial charge in [0.2, 0.25) is 0 Å². The molecular weight excluding hydrogens is 160 g/mol. The molecule has 0 radical (unpaired) electrons. The summed E-state index contributed by atoms with van der Waals surface area (Å²) in [4.78, 5) is 4.29. The first kappa shape index (κ1) is 9.76. The van der Waals surface area contributed by atoms with E-state index in [1.54, 1.807) is 6.20 Å². The molecule has 0 fully saturated rings. The highest BCUT2D eigenvalue weighted by Crippen LogP contribution is 2.14. The molecule has 0 aliphatic heterocycles. The highest BCUT2D eigenvalue weighted by Gasteiger charge is 2.09. The van der Waals surface area contributed by atoms with Crippen LogP contribution in [0.25, 0.3) is 0 Å². The molecule has 0 saturated carbocycles. The third-order valence-corrected chi connectivity index (χ3v) is 2.04. The van der Waals surface area contributed by atoms with Gasteiger partial charge in [-0.25, -0.2) is 0 Å². The van der Waals surface area contributed by atoms with E-state index in [0.717, 1.165) is 12.1 Å². The van der Waals surface area contributed by atoms with Crippen molar-refractivity contribution >= 4 is 0 Å². The Balaban J connectivity index is 3.05. The van der Waals surface area contributed by atoms with Crippen LogP contribution in [-0.4, -0.2) is 12.0 Å². The molecule has 1 unspecified atom stereocenters. The monoisotopic (exact) mass is 174 g/mol. The number of hydrogen-bond acceptors (Lipinski definition) is 2. The van der Waals surface area contributed by atoms with E-state index in [-0.39, 0.29) is 6.04 Å². The molecule has 1 heterocycles. The fraction of sp³-hybridized carbons (Fsp3) is 0.364. The second-order valence-corrected chi connectivity index (χ2v) is 2.79. The summed E-state index contributed by atoms with van der Waals surface area (Å²) in [6.45, 7) is 2.10. The van der Waals surface area contributed by atoms with Gasteiger partial charge in [0.1, 0.15) is 6.04 Å². The van der Waals surface area contributed by atoms with Crippen LogP contribution in [-0.2, 0) is 6.42 Å². The van der Waals surface area contributed by atoms with E-state index in [1.165, 1.54) is 5.56 Å². The van der Waals surface area contributed by atoms with Gasteiger partial charge < -0.3 is 5.32 Å². The van der Waals surface area contributed by atoms with Crippen LogP contribution in [0.5, 0.6) is 0 Å². The van der Waals surface area contributed by atoms with E-state index in [1.807, 2.05) is 13.1 Å². The molecule has 1 aromatic heterocycles. The molecule has 0 aromatic carbocycles. The molecule has 0 aliphatic rings. The van der Waals surface area contributed by atoms with Crippen molar-refractivity contribution in [2.45, 2.75) is 19.4 Å². The summed E-state index contributed by atoms with van der Waals surface area (Å²) < 4.78 is 0. The first-order chi connectivity index (χ1) is 6.33. The lowest BCUT2D eigenvalue weighted by Gasteiger charge is -2.12. The molecule has 1 aromatic rings. The lowest BCUT2D eigenvalue weighted by atomic mass is 10.1. The van der Waals surface area contributed by atoms with Gasteiger partial charge in [-0.3, -0.25) is 4.98 Å². The smallest absolute Gasteiger partial charge is 0.112 e. The Labute approximate surface area is 79.4 Å². The Morgan fingerprint density at radius 3 is 3.00 bits per heavy atom. The molecule has 1 atom stereocenters. The first-order valence-electron chi connectivity index (χ1n) is 4.40. The zero-order valence-electron chi connectivity index (χ0n) is 8.04. The Bertz CT molecular complexity index is 312. The number of hydrogen-bond donors (Lipinski definition) is 1. The molecule has 1 rings (SSSR count). The Morgan fingerprint density at radius 2 is 2.46 bits per heavy atom. The average Bonchev–Trinajstić information content (AvgIpc) is 2.20. The van der Waals surface area contributed by atoms with Crippen molar-refractivity contribution in [1.29, 1.82) is 0 Å². The zero-order chi connectivity index (χ0) is 9.68. The number of rotatable bonds is 3. The normalized spacial score (nSPS) is 12.1. The minimum Gasteiger partial charge on any atom is -0.302 e. The Hall–Kier alpha value is -1.33. The van der Waals surface area contributed by atoms with E-state index in [4.69, 9.17) is 6.42 Å². The maximum Gasteiger partial charge on any atom is 0.112 e. The van der Waals surface area contributed by atoms with Crippen LogP contribution in [0.1, 0.15) is 24.2 Å². The van der Waals surface area contributed by atoms with Crippen LogP contribution in [0.15, 0.2) is 18.3 Å². The van der Waals surface area contributed by atoms with Crippen molar-refractivity contribution in [3.8, 4) is 12.3 Å². The molecule has 13 heavy (non-hydrogen) atoms. The lowest BCUT2D eigenvalue weighted by Crippen LogP contribution is -2.17. The fourth-order valence-electron chi connectivity index (χ4n) is 1.31. The van der Waals surface area contributed by atoms with Crippen LogP contribution < -0.4 is 5.32 Å². The maximum absolute atomic E-state index is 5.39. The van der Waals surface area contributed by atoms with Gasteiger partial charge >= 0.3 is 0 Å². The van der Waals surface area contributed by atoms with E-state index in [9.17, 15) is 0 Å². The van der Waals surface area contributed by atoms with Crippen molar-refractivity contribution in [3.05, 3.63) is 29.6 Å². The minimum atomic E-state index is -0.0730. The van der Waals surface area contributed by atoms with Crippen LogP contribution in [0.4, 0.5) is 0 Å². The summed E-state index contributed by atoms with van der Waals surface area (Å²) in [5, 5.41) is 3.04. The van der Waals surface area contributed by atoms with Crippen molar-refractivity contribution < 1.29 is 0 Å². The summed E-state index contributed by atoms with van der Waals surface area (Å²) in [7, 11) is 1.85. The highest BCUT2D eigenvalue weighted by atomic mass is 14.9. The van der Waals surface area contributed by atoms with Gasteiger partial charge in [0.25, 0.3) is 0 Å². The highest BCUT2D eigenvalue weighted by molar-refractivity contribution is 5.27. The molecule has 68 valence electrons. The molecule has 2 heteroatoms. The topological polar surface area (TPSA) is 24.9 Å². The van der Waals surface area contributed by atoms with E-state index in [0.29, 0.717) is 0 Å². The summed E-state index contributed by atoms with van der Waals surface area (Å²) in [6, 6.07) is 3.92. The standard InChI is InChI=1S/C11H14N2/c1-4-9-7-6-8-13-11(9)10(5-2)12-3/h2,6-8,10,12H,4H2,1,3H3. The average molecular weight is 174 g/mol. The van der Waals surface area contributed by atoms with Gasteiger partial charge in [-0.05, 0) is 25.1 Å². The first-order valence-corrected chi connectivity index (χ1v) is 4.40. The summed E-state index contributed by atoms with van der Waals surface area (Å²) in [5.41, 5.74) is 2.18. The van der Waals surface area contributed by atoms with Crippen LogP contribution in [0, 0.1) is 12.3 Å². The third-order valence-electron chi connectivity index (χ3n) is 2.04. The Kier molecular flexibility index (Phi) is 3.48. The Morgan fingerprint density at radius 1 is 1.69 bits per heavy atom. The van der Waals surface area contributed by atoms with Gasteiger partial charge in [0.05, 0.1) is 5.69 Å². The minimum absolute atomic E-state index is 0.0730. The number of nitrogens with one attached hydrogen (secondary N) is 1. The third kappa shape index (κ3) is 2.07. The molecule has 0 bridgehead atoms. The van der Waals surface area contributed by atoms with Gasteiger partial charge in [-0.2, -0.15) is 0 Å². The number of terminal acetylenes is 1. The molecular formula is C11H14N2. The van der Waals surface area contributed by atoms with Crippen molar-refractivity contribution in [2.75, 3.05) is 7.05 Å². The molecule has 0 amide bonds. The predicted molar refractivity (Wildman–Crippen MR) is 54.2 cm³/mol. The number of aryl methyl sites for hydroxylation is 1. The molecule has 1 N–H and O–H groups in total. The van der Waals surface area contributed by atoms with E-state index < -0.39 is 0 Å². The number of aromatic nitrogens is 1. The molecule has 0 saturated heterocycles. The van der Waals surface area contributed by atoms with Gasteiger partial charge in [0.15, 0.2) is 0 Å². The molecule has 0 aliphatic carbocycles. The fourth-order valence-corrected chi connectivity index (χ4v) is 1.31. The summed E-state index contributed by atoms with van der Waals surface area (Å²) >= 11 is 0. The van der Waals surface area contributed by atoms with Crippen LogP contribution in [0.2, 0.25) is 0 Å². The van der Waals surface area contributed by atoms with Crippen molar-refractivity contribution in [2.24, 2.45) is 0 Å². The van der Waals surface area contributed by atoms with Crippen LogP contribution >= 0.6 is 0 Å². The lowest BCUT2D eigenvalue weighted by molar-refractivity contribution is 0.702. The van der Waals surface area contributed by atoms with Gasteiger partial charge in [-0.15, -0.1) is 6.42 Å². The van der Waals surface area contributed by atoms with Gasteiger partial charge in [-0.1, -0.05) is 18.9 Å². The second kappa shape index (κ2) is 4.64. The SMILES string of the molecule is C#CC(NC)c1ncccc1CC. The summed E-state index contributed by atoms with van der Waals surface area (Å²) in [6.07, 6.45) is 8.12. The van der Waals surface area contributed by atoms with Crippen molar-refractivity contribution in [3.63, 3.8) is 0 Å². The van der Waals surface area contributed by atoms with E-state index in [2.05, 4.69) is 29.2 Å². The van der Waals surface area contributed by atoms with Crippen LogP contribution in [0.3, 0.4) is 0 Å². The van der Waals surface area contributed by atoms with Crippen molar-refractivity contribution in [1.82, 2.24) is 10.3 Å². The number of pyridine rings is 1. The van der Waals surface area contributed by atoms with E-state index >= 15 is 0 Å². The summed E-state index contributed by atoms with van der Waals surface area (Å²) in [5.74, 6) is 2.67. The van der Waals surface area contributed by atoms with Gasteiger partial charge in [0, 0.05) is 6.20 Å². The number of nitrogens with zero attached hydrogens (tertiary/aromatic N) is 1.